The molecule has 1 heterocycles. The summed E-state index contributed by atoms with van der Waals surface area (Å²) in [5, 5.41) is 15.2. The number of benzene rings is 3. The maximum absolute atomic E-state index is 12.5. The van der Waals surface area contributed by atoms with Gasteiger partial charge in [0.25, 0.3) is 5.91 Å². The fraction of sp³-hybridized carbons (Fsp3) is 0.0800. The van der Waals surface area contributed by atoms with Crippen molar-refractivity contribution in [2.45, 2.75) is 6.04 Å². The summed E-state index contributed by atoms with van der Waals surface area (Å²) in [6.07, 6.45) is 1.18. The zero-order valence-electron chi connectivity index (χ0n) is 18.7. The van der Waals surface area contributed by atoms with Gasteiger partial charge >= 0.3 is 5.69 Å². The molecule has 176 valence electrons. The number of hydrogen-bond donors (Lipinski definition) is 3. The fourth-order valence-electron chi connectivity index (χ4n) is 3.47. The first-order valence-corrected chi connectivity index (χ1v) is 10.6. The van der Waals surface area contributed by atoms with Crippen LogP contribution in [0.25, 0.3) is 0 Å². The van der Waals surface area contributed by atoms with Crippen LogP contribution in [0.2, 0.25) is 0 Å². The Balaban J connectivity index is 1.61. The van der Waals surface area contributed by atoms with Crippen molar-refractivity contribution < 1.29 is 14.5 Å². The molecule has 4 aromatic rings. The molecule has 10 heteroatoms. The van der Waals surface area contributed by atoms with Gasteiger partial charge in [-0.3, -0.25) is 25.8 Å². The summed E-state index contributed by atoms with van der Waals surface area (Å²) in [5.41, 5.74) is 6.72. The summed E-state index contributed by atoms with van der Waals surface area (Å²) in [6.45, 7) is 0. The molecule has 0 aliphatic carbocycles. The van der Waals surface area contributed by atoms with Gasteiger partial charge in [0.1, 0.15) is 12.1 Å². The van der Waals surface area contributed by atoms with Crippen LogP contribution in [0.4, 0.5) is 17.3 Å². The van der Waals surface area contributed by atoms with Gasteiger partial charge in [-0.2, -0.15) is 0 Å². The van der Waals surface area contributed by atoms with Crippen LogP contribution >= 0.6 is 0 Å². The largest absolute Gasteiger partial charge is 0.497 e. The highest BCUT2D eigenvalue weighted by Crippen LogP contribution is 2.33. The highest BCUT2D eigenvalue weighted by atomic mass is 16.6. The van der Waals surface area contributed by atoms with E-state index in [-0.39, 0.29) is 11.6 Å². The highest BCUT2D eigenvalue weighted by molar-refractivity contribution is 5.95. The number of ether oxygens (including phenoxy) is 1. The van der Waals surface area contributed by atoms with Gasteiger partial charge in [0.05, 0.1) is 18.1 Å². The number of methoxy groups -OCH3 is 1. The molecule has 0 fully saturated rings. The van der Waals surface area contributed by atoms with E-state index in [4.69, 9.17) is 4.74 Å². The van der Waals surface area contributed by atoms with Crippen molar-refractivity contribution in [1.29, 1.82) is 0 Å². The number of nitrogens with one attached hydrogen (secondary N) is 3. The van der Waals surface area contributed by atoms with Gasteiger partial charge in [0.2, 0.25) is 11.6 Å². The SMILES string of the molecule is COc1ccc(C(=O)NNc2ncnc(NC(c3ccccc3)c3ccccc3)c2[N+](=O)[O-])cc1. The van der Waals surface area contributed by atoms with Gasteiger partial charge in [0.15, 0.2) is 0 Å². The number of hydrogen-bond acceptors (Lipinski definition) is 8. The molecule has 0 aliphatic heterocycles. The van der Waals surface area contributed by atoms with E-state index in [1.165, 1.54) is 13.4 Å². The van der Waals surface area contributed by atoms with Gasteiger partial charge in [-0.05, 0) is 35.4 Å². The molecule has 3 N–H and O–H groups in total. The number of carbonyl (C=O) groups excluding carboxylic acids is 1. The summed E-state index contributed by atoms with van der Waals surface area (Å²) >= 11 is 0. The van der Waals surface area contributed by atoms with E-state index >= 15 is 0 Å². The summed E-state index contributed by atoms with van der Waals surface area (Å²) in [4.78, 5) is 32.0. The summed E-state index contributed by atoms with van der Waals surface area (Å²) in [7, 11) is 1.52. The van der Waals surface area contributed by atoms with Crippen molar-refractivity contribution in [3.63, 3.8) is 0 Å². The van der Waals surface area contributed by atoms with Crippen molar-refractivity contribution in [3.8, 4) is 5.75 Å². The molecule has 4 rings (SSSR count). The summed E-state index contributed by atoms with van der Waals surface area (Å²) < 4.78 is 5.08. The number of rotatable bonds is 9. The third-order valence-corrected chi connectivity index (χ3v) is 5.20. The number of anilines is 2. The first kappa shape index (κ1) is 23.2. The van der Waals surface area contributed by atoms with Crippen LogP contribution in [0, 0.1) is 10.1 Å². The Bertz CT molecular complexity index is 1260. The van der Waals surface area contributed by atoms with Crippen LogP contribution in [-0.2, 0) is 0 Å². The standard InChI is InChI=1S/C25H22N6O4/c1-35-20-14-12-19(13-15-20)25(32)30-29-24-22(31(33)34)23(26-16-27-24)28-21(17-8-4-2-5-9-17)18-10-6-3-7-11-18/h2-16,21H,1H3,(H,30,32)(H2,26,27,28,29). The molecule has 35 heavy (non-hydrogen) atoms. The Morgan fingerprint density at radius 1 is 0.886 bits per heavy atom. The Morgan fingerprint density at radius 3 is 2.00 bits per heavy atom. The molecule has 0 saturated carbocycles. The topological polar surface area (TPSA) is 131 Å². The number of nitro groups is 1. The minimum atomic E-state index is -0.600. The third-order valence-electron chi connectivity index (χ3n) is 5.20. The molecular weight excluding hydrogens is 448 g/mol. The van der Waals surface area contributed by atoms with Crippen LogP contribution in [0.1, 0.15) is 27.5 Å². The molecule has 0 saturated heterocycles. The molecule has 0 unspecified atom stereocenters. The van der Waals surface area contributed by atoms with Crippen LogP contribution in [0.3, 0.4) is 0 Å². The monoisotopic (exact) mass is 470 g/mol. The Hall–Kier alpha value is -4.99. The second-order valence-corrected chi connectivity index (χ2v) is 7.38. The molecule has 0 aliphatic rings. The first-order valence-electron chi connectivity index (χ1n) is 10.6. The van der Waals surface area contributed by atoms with Crippen LogP contribution in [0.5, 0.6) is 5.75 Å². The van der Waals surface area contributed by atoms with Crippen molar-refractivity contribution >= 4 is 23.2 Å². The summed E-state index contributed by atoms with van der Waals surface area (Å²) in [6, 6.07) is 25.1. The van der Waals surface area contributed by atoms with E-state index < -0.39 is 22.6 Å². The third kappa shape index (κ3) is 5.50. The zero-order valence-corrected chi connectivity index (χ0v) is 18.7. The number of hydrazine groups is 1. The second-order valence-electron chi connectivity index (χ2n) is 7.38. The van der Waals surface area contributed by atoms with E-state index in [1.807, 2.05) is 60.7 Å². The molecule has 0 atom stereocenters. The lowest BCUT2D eigenvalue weighted by Gasteiger charge is -2.20. The highest BCUT2D eigenvalue weighted by Gasteiger charge is 2.26. The second kappa shape index (κ2) is 10.8. The van der Waals surface area contributed by atoms with Crippen molar-refractivity contribution in [2.24, 2.45) is 0 Å². The van der Waals surface area contributed by atoms with Crippen molar-refractivity contribution in [3.05, 3.63) is 118 Å². The Morgan fingerprint density at radius 2 is 1.46 bits per heavy atom. The minimum Gasteiger partial charge on any atom is -0.497 e. The van der Waals surface area contributed by atoms with Crippen LogP contribution < -0.4 is 20.9 Å². The van der Waals surface area contributed by atoms with Crippen molar-refractivity contribution in [1.82, 2.24) is 15.4 Å². The molecular formula is C25H22N6O4. The minimum absolute atomic E-state index is 0.00361. The van der Waals surface area contributed by atoms with Crippen LogP contribution in [0.15, 0.2) is 91.3 Å². The smallest absolute Gasteiger partial charge is 0.354 e. The van der Waals surface area contributed by atoms with Gasteiger partial charge in [-0.25, -0.2) is 9.97 Å². The van der Waals surface area contributed by atoms with Gasteiger partial charge in [-0.1, -0.05) is 60.7 Å². The first-order chi connectivity index (χ1) is 17.1. The van der Waals surface area contributed by atoms with E-state index in [2.05, 4.69) is 26.1 Å². The van der Waals surface area contributed by atoms with E-state index in [9.17, 15) is 14.9 Å². The zero-order chi connectivity index (χ0) is 24.6. The number of carbonyl (C=O) groups is 1. The predicted octanol–water partition coefficient (Wildman–Crippen LogP) is 4.35. The molecule has 0 radical (unpaired) electrons. The Labute approximate surface area is 201 Å². The quantitative estimate of drug-likeness (QED) is 0.243. The maximum Gasteiger partial charge on any atom is 0.354 e. The average Bonchev–Trinajstić information content (AvgIpc) is 2.91. The lowest BCUT2D eigenvalue weighted by Crippen LogP contribution is -2.30. The molecule has 1 amide bonds. The normalized spacial score (nSPS) is 10.5. The molecule has 3 aromatic carbocycles. The number of amides is 1. The molecule has 0 spiro atoms. The maximum atomic E-state index is 12.5. The van der Waals surface area contributed by atoms with E-state index in [0.717, 1.165) is 11.1 Å². The average molecular weight is 470 g/mol. The lowest BCUT2D eigenvalue weighted by molar-refractivity contribution is -0.383. The van der Waals surface area contributed by atoms with Crippen molar-refractivity contribution in [2.75, 3.05) is 17.9 Å². The van der Waals surface area contributed by atoms with Gasteiger partial charge in [0, 0.05) is 5.56 Å². The lowest BCUT2D eigenvalue weighted by atomic mass is 9.99. The van der Waals surface area contributed by atoms with Gasteiger partial charge in [-0.15, -0.1) is 0 Å². The molecule has 10 nitrogen and oxygen atoms in total. The van der Waals surface area contributed by atoms with E-state index in [0.29, 0.717) is 11.3 Å². The molecule has 0 bridgehead atoms. The Kier molecular flexibility index (Phi) is 7.12. The van der Waals surface area contributed by atoms with E-state index in [1.54, 1.807) is 24.3 Å². The number of nitrogens with zero attached hydrogens (tertiary/aromatic N) is 3. The fourth-order valence-corrected chi connectivity index (χ4v) is 3.47. The van der Waals surface area contributed by atoms with Gasteiger partial charge < -0.3 is 10.1 Å². The van der Waals surface area contributed by atoms with Crippen LogP contribution in [-0.4, -0.2) is 27.9 Å². The molecule has 1 aromatic heterocycles. The predicted molar refractivity (Wildman–Crippen MR) is 131 cm³/mol. The number of aromatic nitrogens is 2. The summed E-state index contributed by atoms with van der Waals surface area (Å²) in [5.74, 6) is -0.0530.